The zero-order valence-electron chi connectivity index (χ0n) is 12.8. The Morgan fingerprint density at radius 3 is 2.54 bits per heavy atom. The molecule has 4 nitrogen and oxygen atoms in total. The van der Waals surface area contributed by atoms with Crippen molar-refractivity contribution in [3.05, 3.63) is 63.6 Å². The van der Waals surface area contributed by atoms with E-state index in [2.05, 4.69) is 5.32 Å². The van der Waals surface area contributed by atoms with Crippen molar-refractivity contribution in [1.82, 2.24) is 0 Å². The standard InChI is InChI=1S/C18H14Cl2N2O2/c1-2-24-15-6-3-12(4-7-15)9-13(11-21)18(23)22-17-8-5-14(19)10-16(17)20/h3-10H,2H2,1H3,(H,22,23)/b13-9-. The maximum Gasteiger partial charge on any atom is 0.266 e. The molecule has 0 aliphatic rings. The van der Waals surface area contributed by atoms with Crippen molar-refractivity contribution in [2.45, 2.75) is 6.92 Å². The van der Waals surface area contributed by atoms with E-state index in [0.717, 1.165) is 5.75 Å². The summed E-state index contributed by atoms with van der Waals surface area (Å²) >= 11 is 11.8. The van der Waals surface area contributed by atoms with Crippen molar-refractivity contribution in [2.24, 2.45) is 0 Å². The van der Waals surface area contributed by atoms with Crippen LogP contribution in [0.4, 0.5) is 5.69 Å². The fourth-order valence-corrected chi connectivity index (χ4v) is 2.38. The first kappa shape index (κ1) is 17.9. The van der Waals surface area contributed by atoms with E-state index in [9.17, 15) is 10.1 Å². The molecule has 0 aliphatic heterocycles. The molecule has 122 valence electrons. The molecular weight excluding hydrogens is 347 g/mol. The highest BCUT2D eigenvalue weighted by molar-refractivity contribution is 6.36. The van der Waals surface area contributed by atoms with Crippen LogP contribution in [0.3, 0.4) is 0 Å². The van der Waals surface area contributed by atoms with Crippen molar-refractivity contribution in [3.8, 4) is 11.8 Å². The molecule has 0 heterocycles. The second-order valence-electron chi connectivity index (χ2n) is 4.75. The second-order valence-corrected chi connectivity index (χ2v) is 5.59. The van der Waals surface area contributed by atoms with Gasteiger partial charge < -0.3 is 10.1 Å². The number of hydrogen-bond donors (Lipinski definition) is 1. The minimum Gasteiger partial charge on any atom is -0.494 e. The van der Waals surface area contributed by atoms with Gasteiger partial charge in [0.15, 0.2) is 0 Å². The Labute approximate surface area is 150 Å². The minimum atomic E-state index is -0.546. The highest BCUT2D eigenvalue weighted by Gasteiger charge is 2.11. The molecule has 24 heavy (non-hydrogen) atoms. The van der Waals surface area contributed by atoms with Crippen molar-refractivity contribution in [3.63, 3.8) is 0 Å². The largest absolute Gasteiger partial charge is 0.494 e. The van der Waals surface area contributed by atoms with E-state index in [0.29, 0.717) is 27.9 Å². The molecule has 0 aliphatic carbocycles. The monoisotopic (exact) mass is 360 g/mol. The average Bonchev–Trinajstić information content (AvgIpc) is 2.57. The van der Waals surface area contributed by atoms with Gasteiger partial charge in [0.2, 0.25) is 0 Å². The Morgan fingerprint density at radius 2 is 1.96 bits per heavy atom. The van der Waals surface area contributed by atoms with E-state index in [1.807, 2.05) is 13.0 Å². The van der Waals surface area contributed by atoms with Crippen LogP contribution in [0.15, 0.2) is 48.0 Å². The minimum absolute atomic E-state index is 0.0369. The fourth-order valence-electron chi connectivity index (χ4n) is 1.92. The fraction of sp³-hybridized carbons (Fsp3) is 0.111. The number of benzene rings is 2. The van der Waals surface area contributed by atoms with Gasteiger partial charge in [-0.1, -0.05) is 35.3 Å². The summed E-state index contributed by atoms with van der Waals surface area (Å²) in [6.07, 6.45) is 1.49. The number of amides is 1. The molecule has 2 aromatic carbocycles. The van der Waals surface area contributed by atoms with E-state index in [1.165, 1.54) is 12.1 Å². The smallest absolute Gasteiger partial charge is 0.266 e. The van der Waals surface area contributed by atoms with E-state index < -0.39 is 5.91 Å². The maximum atomic E-state index is 12.2. The first-order valence-corrected chi connectivity index (χ1v) is 7.90. The van der Waals surface area contributed by atoms with Gasteiger partial charge in [-0.25, -0.2) is 0 Å². The molecular formula is C18H14Cl2N2O2. The molecule has 0 fully saturated rings. The molecule has 0 atom stereocenters. The highest BCUT2D eigenvalue weighted by atomic mass is 35.5. The van der Waals surface area contributed by atoms with Crippen LogP contribution < -0.4 is 10.1 Å². The third-order valence-electron chi connectivity index (χ3n) is 3.05. The van der Waals surface area contributed by atoms with Gasteiger partial charge in [-0.2, -0.15) is 5.26 Å². The summed E-state index contributed by atoms with van der Waals surface area (Å²) in [5.74, 6) is 0.182. The van der Waals surface area contributed by atoms with Crippen LogP contribution in [0.5, 0.6) is 5.75 Å². The lowest BCUT2D eigenvalue weighted by atomic mass is 10.1. The topological polar surface area (TPSA) is 62.1 Å². The van der Waals surface area contributed by atoms with Gasteiger partial charge in [-0.3, -0.25) is 4.79 Å². The van der Waals surface area contributed by atoms with E-state index in [-0.39, 0.29) is 5.57 Å². The van der Waals surface area contributed by atoms with Crippen molar-refractivity contribution in [2.75, 3.05) is 11.9 Å². The van der Waals surface area contributed by atoms with Crippen LogP contribution in [0.25, 0.3) is 6.08 Å². The molecule has 0 radical (unpaired) electrons. The molecule has 0 saturated carbocycles. The van der Waals surface area contributed by atoms with Crippen molar-refractivity contribution < 1.29 is 9.53 Å². The van der Waals surface area contributed by atoms with E-state index in [4.69, 9.17) is 27.9 Å². The van der Waals surface area contributed by atoms with Gasteiger partial charge in [0, 0.05) is 5.02 Å². The van der Waals surface area contributed by atoms with Crippen molar-refractivity contribution >= 4 is 40.9 Å². The number of nitrogens with one attached hydrogen (secondary N) is 1. The summed E-state index contributed by atoms with van der Waals surface area (Å²) in [6, 6.07) is 13.7. The molecule has 2 aromatic rings. The maximum absolute atomic E-state index is 12.2. The van der Waals surface area contributed by atoms with Crippen LogP contribution in [0.1, 0.15) is 12.5 Å². The number of anilines is 1. The Balaban J connectivity index is 2.17. The van der Waals surface area contributed by atoms with Crippen LogP contribution >= 0.6 is 23.2 Å². The lowest BCUT2D eigenvalue weighted by molar-refractivity contribution is -0.112. The third kappa shape index (κ3) is 4.76. The normalized spacial score (nSPS) is 10.8. The van der Waals surface area contributed by atoms with Crippen LogP contribution in [-0.4, -0.2) is 12.5 Å². The van der Waals surface area contributed by atoms with Crippen LogP contribution in [0, 0.1) is 11.3 Å². The molecule has 0 saturated heterocycles. The van der Waals surface area contributed by atoms with Gasteiger partial charge in [0.1, 0.15) is 17.4 Å². The second kappa shape index (κ2) is 8.39. The lowest BCUT2D eigenvalue weighted by Crippen LogP contribution is -2.13. The Hall–Kier alpha value is -2.48. The quantitative estimate of drug-likeness (QED) is 0.606. The summed E-state index contributed by atoms with van der Waals surface area (Å²) in [6.45, 7) is 2.47. The Bertz CT molecular complexity index is 809. The van der Waals surface area contributed by atoms with Gasteiger partial charge in [-0.15, -0.1) is 0 Å². The van der Waals surface area contributed by atoms with Gasteiger partial charge in [-0.05, 0) is 48.9 Å². The predicted octanol–water partition coefficient (Wildman–Crippen LogP) is 4.94. The summed E-state index contributed by atoms with van der Waals surface area (Å²) in [7, 11) is 0. The molecule has 1 N–H and O–H groups in total. The molecule has 6 heteroatoms. The molecule has 0 spiro atoms. The van der Waals surface area contributed by atoms with E-state index in [1.54, 1.807) is 36.4 Å². The lowest BCUT2D eigenvalue weighted by Gasteiger charge is -2.07. The first-order valence-electron chi connectivity index (χ1n) is 7.14. The van der Waals surface area contributed by atoms with Crippen LogP contribution in [-0.2, 0) is 4.79 Å². The molecule has 0 aromatic heterocycles. The Morgan fingerprint density at radius 1 is 1.25 bits per heavy atom. The number of hydrogen-bond acceptors (Lipinski definition) is 3. The van der Waals surface area contributed by atoms with Gasteiger partial charge >= 0.3 is 0 Å². The number of halogens is 2. The van der Waals surface area contributed by atoms with Gasteiger partial charge in [0.25, 0.3) is 5.91 Å². The first-order chi connectivity index (χ1) is 11.5. The van der Waals surface area contributed by atoms with E-state index >= 15 is 0 Å². The SMILES string of the molecule is CCOc1ccc(/C=C(/C#N)C(=O)Nc2ccc(Cl)cc2Cl)cc1. The zero-order chi connectivity index (χ0) is 17.5. The third-order valence-corrected chi connectivity index (χ3v) is 3.59. The number of carbonyl (C=O) groups excluding carboxylic acids is 1. The molecule has 0 bridgehead atoms. The summed E-state index contributed by atoms with van der Waals surface area (Å²) in [4.78, 5) is 12.2. The predicted molar refractivity (Wildman–Crippen MR) is 96.3 cm³/mol. The zero-order valence-corrected chi connectivity index (χ0v) is 14.4. The molecule has 0 unspecified atom stereocenters. The average molecular weight is 361 g/mol. The summed E-state index contributed by atoms with van der Waals surface area (Å²) in [5.41, 5.74) is 1.07. The number of ether oxygens (including phenoxy) is 1. The summed E-state index contributed by atoms with van der Waals surface area (Å²) in [5, 5.41) is 12.6. The number of carbonyl (C=O) groups is 1. The summed E-state index contributed by atoms with van der Waals surface area (Å²) < 4.78 is 5.35. The Kier molecular flexibility index (Phi) is 6.25. The molecule has 2 rings (SSSR count). The number of rotatable bonds is 5. The number of nitrogens with zero attached hydrogens (tertiary/aromatic N) is 1. The number of nitriles is 1. The van der Waals surface area contributed by atoms with Crippen LogP contribution in [0.2, 0.25) is 10.0 Å². The van der Waals surface area contributed by atoms with Gasteiger partial charge in [0.05, 0.1) is 17.3 Å². The highest BCUT2D eigenvalue weighted by Crippen LogP contribution is 2.26. The van der Waals surface area contributed by atoms with Crippen molar-refractivity contribution in [1.29, 1.82) is 5.26 Å². The molecule has 1 amide bonds.